The number of likely N-dealkylation sites (N-methyl/N-ethyl adjacent to an activating group) is 1. The molecule has 4 nitrogen and oxygen atoms in total. The monoisotopic (exact) mass is 381 g/mol. The van der Waals surface area contributed by atoms with Crippen molar-refractivity contribution in [2.75, 3.05) is 52.9 Å². The lowest BCUT2D eigenvalue weighted by molar-refractivity contribution is -0.133. The first-order valence-electron chi connectivity index (χ1n) is 11.4. The van der Waals surface area contributed by atoms with Crippen LogP contribution in [0.2, 0.25) is 0 Å². The van der Waals surface area contributed by atoms with E-state index in [-0.39, 0.29) is 0 Å². The maximum absolute atomic E-state index is 13.0. The summed E-state index contributed by atoms with van der Waals surface area (Å²) in [6, 6.07) is 9.06. The lowest BCUT2D eigenvalue weighted by Crippen LogP contribution is -2.47. The number of hydrogen-bond donors (Lipinski definition) is 0. The average molecular weight is 382 g/mol. The van der Waals surface area contributed by atoms with E-state index in [2.05, 4.69) is 46.0 Å². The summed E-state index contributed by atoms with van der Waals surface area (Å²) >= 11 is 0. The zero-order chi connectivity index (χ0) is 19.1. The van der Waals surface area contributed by atoms with Crippen molar-refractivity contribution in [1.82, 2.24) is 14.7 Å². The standard InChI is InChI=1S/C24H35N3O/c1-25-12-14-27(15-13-25)23(28)16-20-17-24(22-5-3-2-4-21(20)22)8-10-26(11-9-24)18-19-6-7-19/h2-5,19-20H,6-18H2,1H3/t20-/m1/s1. The Kier molecular flexibility index (Phi) is 4.96. The smallest absolute Gasteiger partial charge is 0.223 e. The summed E-state index contributed by atoms with van der Waals surface area (Å²) in [6.07, 6.45) is 7.32. The number of carbonyl (C=O) groups excluding carboxylic acids is 1. The van der Waals surface area contributed by atoms with E-state index in [1.54, 1.807) is 5.56 Å². The summed E-state index contributed by atoms with van der Waals surface area (Å²) in [5.74, 6) is 1.77. The second-order valence-electron chi connectivity index (χ2n) is 9.90. The van der Waals surface area contributed by atoms with Gasteiger partial charge in [-0.25, -0.2) is 0 Å². The minimum Gasteiger partial charge on any atom is -0.340 e. The summed E-state index contributed by atoms with van der Waals surface area (Å²) in [6.45, 7) is 7.61. The molecular weight excluding hydrogens is 346 g/mol. The molecule has 4 heteroatoms. The Bertz CT molecular complexity index is 712. The van der Waals surface area contributed by atoms with Gasteiger partial charge in [0.1, 0.15) is 0 Å². The lowest BCUT2D eigenvalue weighted by Gasteiger charge is -2.40. The molecule has 5 rings (SSSR count). The molecule has 1 amide bonds. The highest BCUT2D eigenvalue weighted by Gasteiger charge is 2.46. The number of hydrogen-bond acceptors (Lipinski definition) is 3. The van der Waals surface area contributed by atoms with Crippen LogP contribution < -0.4 is 0 Å². The minimum atomic E-state index is 0.323. The molecule has 4 aliphatic rings. The average Bonchev–Trinajstić information content (AvgIpc) is 3.48. The Balaban J connectivity index is 1.28. The molecule has 0 aromatic heterocycles. The Morgan fingerprint density at radius 3 is 2.46 bits per heavy atom. The van der Waals surface area contributed by atoms with Gasteiger partial charge in [0.25, 0.3) is 0 Å². The molecular formula is C24H35N3O. The van der Waals surface area contributed by atoms with Gasteiger partial charge in [-0.3, -0.25) is 4.79 Å². The van der Waals surface area contributed by atoms with Gasteiger partial charge < -0.3 is 14.7 Å². The molecule has 1 atom stereocenters. The van der Waals surface area contributed by atoms with Crippen molar-refractivity contribution >= 4 is 5.91 Å². The number of piperidine rings is 1. The number of rotatable bonds is 4. The molecule has 0 bridgehead atoms. The topological polar surface area (TPSA) is 26.8 Å². The fourth-order valence-electron chi connectivity index (χ4n) is 5.91. The van der Waals surface area contributed by atoms with Crippen molar-refractivity contribution in [2.45, 2.75) is 49.9 Å². The number of amides is 1. The Hall–Kier alpha value is -1.39. The van der Waals surface area contributed by atoms with Gasteiger partial charge in [-0.05, 0) is 80.6 Å². The van der Waals surface area contributed by atoms with Crippen LogP contribution in [0.1, 0.15) is 55.6 Å². The van der Waals surface area contributed by atoms with Crippen LogP contribution in [-0.2, 0) is 10.2 Å². The molecule has 1 spiro atoms. The van der Waals surface area contributed by atoms with Gasteiger partial charge in [-0.2, -0.15) is 0 Å². The highest BCUT2D eigenvalue weighted by atomic mass is 16.2. The van der Waals surface area contributed by atoms with Crippen molar-refractivity contribution in [1.29, 1.82) is 0 Å². The van der Waals surface area contributed by atoms with Crippen LogP contribution in [0.3, 0.4) is 0 Å². The van der Waals surface area contributed by atoms with Gasteiger partial charge in [0.2, 0.25) is 5.91 Å². The maximum Gasteiger partial charge on any atom is 0.223 e. The first-order chi connectivity index (χ1) is 13.6. The van der Waals surface area contributed by atoms with Crippen molar-refractivity contribution < 1.29 is 4.79 Å². The van der Waals surface area contributed by atoms with E-state index in [0.717, 1.165) is 32.1 Å². The SMILES string of the molecule is CN1CCN(C(=O)C[C@@H]2CC3(CCN(CC4CC4)CC3)c3ccccc32)CC1. The summed E-state index contributed by atoms with van der Waals surface area (Å²) in [4.78, 5) is 20.1. The molecule has 0 unspecified atom stereocenters. The van der Waals surface area contributed by atoms with E-state index in [1.807, 2.05) is 0 Å². The third kappa shape index (κ3) is 3.61. The molecule has 28 heavy (non-hydrogen) atoms. The third-order valence-corrected chi connectivity index (χ3v) is 7.91. The van der Waals surface area contributed by atoms with Crippen molar-refractivity contribution in [3.05, 3.63) is 35.4 Å². The molecule has 2 saturated heterocycles. The van der Waals surface area contributed by atoms with Gasteiger partial charge in [0.05, 0.1) is 0 Å². The molecule has 1 saturated carbocycles. The largest absolute Gasteiger partial charge is 0.340 e. The third-order valence-electron chi connectivity index (χ3n) is 7.91. The van der Waals surface area contributed by atoms with Gasteiger partial charge in [0, 0.05) is 39.1 Å². The summed E-state index contributed by atoms with van der Waals surface area (Å²) < 4.78 is 0. The van der Waals surface area contributed by atoms with Gasteiger partial charge in [0.15, 0.2) is 0 Å². The molecule has 0 radical (unpaired) electrons. The molecule has 1 aromatic rings. The number of fused-ring (bicyclic) bond motifs is 2. The molecule has 3 fully saturated rings. The molecule has 0 N–H and O–H groups in total. The zero-order valence-corrected chi connectivity index (χ0v) is 17.4. The van der Waals surface area contributed by atoms with Crippen molar-refractivity contribution in [3.8, 4) is 0 Å². The highest BCUT2D eigenvalue weighted by Crippen LogP contribution is 2.53. The normalized spacial score (nSPS) is 27.9. The predicted octanol–water partition coefficient (Wildman–Crippen LogP) is 3.08. The molecule has 2 aliphatic carbocycles. The first kappa shape index (κ1) is 18.6. The quantitative estimate of drug-likeness (QED) is 0.802. The first-order valence-corrected chi connectivity index (χ1v) is 11.4. The summed E-state index contributed by atoms with van der Waals surface area (Å²) in [7, 11) is 2.15. The molecule has 1 aromatic carbocycles. The Labute approximate surface area is 169 Å². The Morgan fingerprint density at radius 2 is 1.75 bits per heavy atom. The summed E-state index contributed by atoms with van der Waals surface area (Å²) in [5.41, 5.74) is 3.36. The van der Waals surface area contributed by atoms with Crippen LogP contribution >= 0.6 is 0 Å². The number of piperazine rings is 1. The lowest BCUT2D eigenvalue weighted by atomic mass is 9.73. The van der Waals surface area contributed by atoms with Crippen LogP contribution in [0.15, 0.2) is 24.3 Å². The minimum absolute atomic E-state index is 0.323. The fraction of sp³-hybridized carbons (Fsp3) is 0.708. The van der Waals surface area contributed by atoms with Crippen molar-refractivity contribution in [3.63, 3.8) is 0 Å². The van der Waals surface area contributed by atoms with Crippen molar-refractivity contribution in [2.24, 2.45) is 5.92 Å². The van der Waals surface area contributed by atoms with E-state index in [1.165, 1.54) is 57.3 Å². The van der Waals surface area contributed by atoms with Gasteiger partial charge >= 0.3 is 0 Å². The van der Waals surface area contributed by atoms with Gasteiger partial charge in [-0.15, -0.1) is 0 Å². The zero-order valence-electron chi connectivity index (χ0n) is 17.4. The highest BCUT2D eigenvalue weighted by molar-refractivity contribution is 5.77. The van der Waals surface area contributed by atoms with Gasteiger partial charge in [-0.1, -0.05) is 24.3 Å². The number of carbonyl (C=O) groups is 1. The van der Waals surface area contributed by atoms with E-state index in [4.69, 9.17) is 0 Å². The number of benzene rings is 1. The van der Waals surface area contributed by atoms with Crippen LogP contribution in [0.25, 0.3) is 0 Å². The summed E-state index contributed by atoms with van der Waals surface area (Å²) in [5, 5.41) is 0. The van der Waals surface area contributed by atoms with E-state index < -0.39 is 0 Å². The van der Waals surface area contributed by atoms with Crippen LogP contribution in [0.5, 0.6) is 0 Å². The molecule has 2 heterocycles. The second kappa shape index (κ2) is 7.46. The predicted molar refractivity (Wildman–Crippen MR) is 113 cm³/mol. The molecule has 152 valence electrons. The number of nitrogens with zero attached hydrogens (tertiary/aromatic N) is 3. The Morgan fingerprint density at radius 1 is 1.04 bits per heavy atom. The van der Waals surface area contributed by atoms with E-state index >= 15 is 0 Å². The fourth-order valence-corrected chi connectivity index (χ4v) is 5.91. The second-order valence-corrected chi connectivity index (χ2v) is 9.90. The maximum atomic E-state index is 13.0. The van der Waals surface area contributed by atoms with Crippen LogP contribution in [0, 0.1) is 5.92 Å². The van der Waals surface area contributed by atoms with E-state index in [9.17, 15) is 4.79 Å². The van der Waals surface area contributed by atoms with Crippen LogP contribution in [-0.4, -0.2) is 73.5 Å². The van der Waals surface area contributed by atoms with E-state index in [0.29, 0.717) is 23.7 Å². The molecule has 2 aliphatic heterocycles. The van der Waals surface area contributed by atoms with Crippen LogP contribution in [0.4, 0.5) is 0 Å². The number of likely N-dealkylation sites (tertiary alicyclic amines) is 1.